The number of hydrogen-bond donors (Lipinski definition) is 0. The maximum atomic E-state index is 5.63. The van der Waals surface area contributed by atoms with E-state index in [2.05, 4.69) is 30.8 Å². The summed E-state index contributed by atoms with van der Waals surface area (Å²) in [5.41, 5.74) is 0. The summed E-state index contributed by atoms with van der Waals surface area (Å²) in [4.78, 5) is 10.8. The third kappa shape index (κ3) is 3.79. The molecule has 1 aliphatic rings. The SMILES string of the molecule is ClCCOC1CCN(c2ncc(Br)cn2)CC1. The minimum atomic E-state index is 0.334. The topological polar surface area (TPSA) is 38.2 Å². The van der Waals surface area contributed by atoms with Crippen LogP contribution in [0.5, 0.6) is 0 Å². The normalized spacial score (nSPS) is 17.4. The van der Waals surface area contributed by atoms with Gasteiger partial charge in [-0.1, -0.05) is 0 Å². The standard InChI is InChI=1S/C11H15BrClN3O/c12-9-7-14-11(15-8-9)16-4-1-10(2-5-16)17-6-3-13/h7-8,10H,1-6H2. The van der Waals surface area contributed by atoms with E-state index in [9.17, 15) is 0 Å². The van der Waals surface area contributed by atoms with Crippen LogP contribution < -0.4 is 4.90 Å². The predicted molar refractivity (Wildman–Crippen MR) is 71.6 cm³/mol. The fourth-order valence-electron chi connectivity index (χ4n) is 1.90. The van der Waals surface area contributed by atoms with Crippen LogP contribution in [0.3, 0.4) is 0 Å². The van der Waals surface area contributed by atoms with Crippen molar-refractivity contribution in [3.8, 4) is 0 Å². The molecule has 4 nitrogen and oxygen atoms in total. The van der Waals surface area contributed by atoms with Gasteiger partial charge in [0.1, 0.15) is 0 Å². The van der Waals surface area contributed by atoms with Gasteiger partial charge in [0.25, 0.3) is 0 Å². The van der Waals surface area contributed by atoms with E-state index in [4.69, 9.17) is 16.3 Å². The van der Waals surface area contributed by atoms with Crippen molar-refractivity contribution in [1.82, 2.24) is 9.97 Å². The lowest BCUT2D eigenvalue weighted by Gasteiger charge is -2.31. The van der Waals surface area contributed by atoms with Gasteiger partial charge in [-0.15, -0.1) is 11.6 Å². The summed E-state index contributed by atoms with van der Waals surface area (Å²) in [7, 11) is 0. The van der Waals surface area contributed by atoms with E-state index in [0.29, 0.717) is 18.6 Å². The molecule has 0 bridgehead atoms. The summed E-state index contributed by atoms with van der Waals surface area (Å²) in [6.07, 6.45) is 5.91. The van der Waals surface area contributed by atoms with Crippen LogP contribution in [0, 0.1) is 0 Å². The molecular weight excluding hydrogens is 305 g/mol. The lowest BCUT2D eigenvalue weighted by Crippen LogP contribution is -2.38. The van der Waals surface area contributed by atoms with Crippen molar-refractivity contribution in [3.05, 3.63) is 16.9 Å². The molecule has 1 aromatic rings. The highest BCUT2D eigenvalue weighted by molar-refractivity contribution is 9.10. The number of piperidine rings is 1. The van der Waals surface area contributed by atoms with Crippen LogP contribution in [0.4, 0.5) is 5.95 Å². The maximum absolute atomic E-state index is 5.63. The van der Waals surface area contributed by atoms with Crippen LogP contribution in [0.2, 0.25) is 0 Å². The van der Waals surface area contributed by atoms with Crippen LogP contribution in [-0.2, 0) is 4.74 Å². The fourth-order valence-corrected chi connectivity index (χ4v) is 2.20. The van der Waals surface area contributed by atoms with E-state index < -0.39 is 0 Å². The van der Waals surface area contributed by atoms with Gasteiger partial charge in [-0.2, -0.15) is 0 Å². The molecule has 1 aliphatic heterocycles. The summed E-state index contributed by atoms with van der Waals surface area (Å²) in [6.45, 7) is 2.52. The molecule has 0 atom stereocenters. The highest BCUT2D eigenvalue weighted by atomic mass is 79.9. The zero-order valence-corrected chi connectivity index (χ0v) is 11.8. The van der Waals surface area contributed by atoms with E-state index >= 15 is 0 Å². The number of alkyl halides is 1. The zero-order chi connectivity index (χ0) is 12.1. The molecule has 1 saturated heterocycles. The number of hydrogen-bond acceptors (Lipinski definition) is 4. The first-order chi connectivity index (χ1) is 8.29. The highest BCUT2D eigenvalue weighted by Crippen LogP contribution is 2.18. The molecule has 2 rings (SSSR count). The Morgan fingerprint density at radius 1 is 1.35 bits per heavy atom. The second kappa shape index (κ2) is 6.52. The van der Waals surface area contributed by atoms with Crippen LogP contribution in [0.25, 0.3) is 0 Å². The Labute approximate surface area is 114 Å². The lowest BCUT2D eigenvalue weighted by molar-refractivity contribution is 0.0470. The molecule has 0 N–H and O–H groups in total. The van der Waals surface area contributed by atoms with Crippen LogP contribution in [-0.4, -0.2) is 41.6 Å². The molecule has 0 aromatic carbocycles. The first-order valence-electron chi connectivity index (χ1n) is 5.69. The maximum Gasteiger partial charge on any atom is 0.225 e. The zero-order valence-electron chi connectivity index (χ0n) is 9.48. The number of ether oxygens (including phenoxy) is 1. The van der Waals surface area contributed by atoms with Crippen molar-refractivity contribution < 1.29 is 4.74 Å². The summed E-state index contributed by atoms with van der Waals surface area (Å²) in [6, 6.07) is 0. The van der Waals surface area contributed by atoms with E-state index in [1.807, 2.05) is 0 Å². The van der Waals surface area contributed by atoms with Gasteiger partial charge in [-0.3, -0.25) is 0 Å². The molecule has 17 heavy (non-hydrogen) atoms. The van der Waals surface area contributed by atoms with Crippen LogP contribution in [0.1, 0.15) is 12.8 Å². The van der Waals surface area contributed by atoms with Gasteiger partial charge in [0.05, 0.1) is 17.2 Å². The van der Waals surface area contributed by atoms with Crippen molar-refractivity contribution in [3.63, 3.8) is 0 Å². The molecule has 0 amide bonds. The van der Waals surface area contributed by atoms with Crippen molar-refractivity contribution in [2.75, 3.05) is 30.5 Å². The molecule has 1 fully saturated rings. The Hall–Kier alpha value is -0.390. The number of nitrogens with zero attached hydrogens (tertiary/aromatic N) is 3. The van der Waals surface area contributed by atoms with Gasteiger partial charge in [0.15, 0.2) is 0 Å². The molecule has 94 valence electrons. The molecule has 2 heterocycles. The summed E-state index contributed by atoms with van der Waals surface area (Å²) in [5.74, 6) is 1.36. The summed E-state index contributed by atoms with van der Waals surface area (Å²) in [5, 5.41) is 0. The minimum Gasteiger partial charge on any atom is -0.377 e. The molecule has 0 radical (unpaired) electrons. The average Bonchev–Trinajstić information content (AvgIpc) is 2.38. The Morgan fingerprint density at radius 2 is 2.00 bits per heavy atom. The predicted octanol–water partition coefficient (Wildman–Crippen LogP) is 2.46. The molecular formula is C11H15BrClN3O. The van der Waals surface area contributed by atoms with Gasteiger partial charge in [-0.05, 0) is 28.8 Å². The van der Waals surface area contributed by atoms with E-state index in [1.165, 1.54) is 0 Å². The highest BCUT2D eigenvalue weighted by Gasteiger charge is 2.20. The molecule has 0 unspecified atom stereocenters. The Balaban J connectivity index is 1.84. The molecule has 1 aromatic heterocycles. The fraction of sp³-hybridized carbons (Fsp3) is 0.636. The number of halogens is 2. The smallest absolute Gasteiger partial charge is 0.225 e. The molecule has 0 spiro atoms. The van der Waals surface area contributed by atoms with Crippen LogP contribution in [0.15, 0.2) is 16.9 Å². The van der Waals surface area contributed by atoms with E-state index in [-0.39, 0.29) is 0 Å². The van der Waals surface area contributed by atoms with E-state index in [1.54, 1.807) is 12.4 Å². The van der Waals surface area contributed by atoms with Crippen LogP contribution >= 0.6 is 27.5 Å². The van der Waals surface area contributed by atoms with Gasteiger partial charge in [0, 0.05) is 31.4 Å². The first kappa shape index (κ1) is 13.1. The van der Waals surface area contributed by atoms with Gasteiger partial charge < -0.3 is 9.64 Å². The third-order valence-electron chi connectivity index (χ3n) is 2.76. The van der Waals surface area contributed by atoms with Gasteiger partial charge in [-0.25, -0.2) is 9.97 Å². The second-order valence-corrected chi connectivity index (χ2v) is 5.24. The number of aromatic nitrogens is 2. The first-order valence-corrected chi connectivity index (χ1v) is 7.02. The van der Waals surface area contributed by atoms with Crippen molar-refractivity contribution in [1.29, 1.82) is 0 Å². The number of rotatable bonds is 4. The molecule has 6 heteroatoms. The Kier molecular flexibility index (Phi) is 5.00. The van der Waals surface area contributed by atoms with E-state index in [0.717, 1.165) is 36.4 Å². The van der Waals surface area contributed by atoms with Gasteiger partial charge >= 0.3 is 0 Å². The average molecular weight is 321 g/mol. The Morgan fingerprint density at radius 3 is 2.59 bits per heavy atom. The monoisotopic (exact) mass is 319 g/mol. The minimum absolute atomic E-state index is 0.334. The summed E-state index contributed by atoms with van der Waals surface area (Å²) >= 11 is 8.93. The third-order valence-corrected chi connectivity index (χ3v) is 3.33. The van der Waals surface area contributed by atoms with Crippen molar-refractivity contribution >= 4 is 33.5 Å². The summed E-state index contributed by atoms with van der Waals surface area (Å²) < 4.78 is 6.53. The van der Waals surface area contributed by atoms with Gasteiger partial charge in [0.2, 0.25) is 5.95 Å². The second-order valence-electron chi connectivity index (χ2n) is 3.95. The number of anilines is 1. The lowest BCUT2D eigenvalue weighted by atomic mass is 10.1. The quantitative estimate of drug-likeness (QED) is 0.799. The largest absolute Gasteiger partial charge is 0.377 e. The van der Waals surface area contributed by atoms with Crippen molar-refractivity contribution in [2.24, 2.45) is 0 Å². The molecule has 0 aliphatic carbocycles. The molecule has 0 saturated carbocycles. The van der Waals surface area contributed by atoms with Crippen molar-refractivity contribution in [2.45, 2.75) is 18.9 Å². The Bertz CT molecular complexity index is 341.